The fourth-order valence-corrected chi connectivity index (χ4v) is 5.00. The van der Waals surface area contributed by atoms with Crippen LogP contribution in [0.5, 0.6) is 0 Å². The van der Waals surface area contributed by atoms with Gasteiger partial charge in [-0.1, -0.05) is 30.3 Å². The van der Waals surface area contributed by atoms with Crippen LogP contribution in [0.3, 0.4) is 0 Å². The van der Waals surface area contributed by atoms with Crippen LogP contribution in [-0.4, -0.2) is 28.4 Å². The molecule has 0 unspecified atom stereocenters. The predicted molar refractivity (Wildman–Crippen MR) is 82.4 cm³/mol. The fraction of sp³-hybridized carbons (Fsp3) is 0.438. The van der Waals surface area contributed by atoms with Gasteiger partial charge in [-0.25, -0.2) is 17.5 Å². The average molecular weight is 346 g/mol. The van der Waals surface area contributed by atoms with Gasteiger partial charge in [-0.3, -0.25) is 0 Å². The molecular weight excluding hydrogens is 331 g/mol. The van der Waals surface area contributed by atoms with E-state index in [1.165, 1.54) is 4.68 Å². The molecule has 2 atom stereocenters. The van der Waals surface area contributed by atoms with E-state index < -0.39 is 21.3 Å². The molecule has 0 N–H and O–H groups in total. The number of nitrogens with zero attached hydrogens (tertiary/aromatic N) is 4. The van der Waals surface area contributed by atoms with Crippen molar-refractivity contribution in [2.45, 2.75) is 41.9 Å². The molecule has 1 aliphatic carbocycles. The van der Waals surface area contributed by atoms with Gasteiger partial charge in [-0.2, -0.15) is 10.2 Å². The van der Waals surface area contributed by atoms with Gasteiger partial charge in [0.25, 0.3) is 5.16 Å². The Hall–Kier alpha value is -2.27. The molecule has 0 bridgehead atoms. The lowest BCUT2D eigenvalue weighted by Crippen LogP contribution is -2.35. The van der Waals surface area contributed by atoms with Crippen LogP contribution in [0.15, 0.2) is 35.5 Å². The second-order valence-corrected chi connectivity index (χ2v) is 8.41. The maximum absolute atomic E-state index is 14.3. The van der Waals surface area contributed by atoms with E-state index in [4.69, 9.17) is 5.26 Å². The van der Waals surface area contributed by atoms with Crippen LogP contribution in [0, 0.1) is 17.2 Å². The zero-order valence-electron chi connectivity index (χ0n) is 12.7. The summed E-state index contributed by atoms with van der Waals surface area (Å²) >= 11 is 0. The third kappa shape index (κ3) is 2.23. The zero-order chi connectivity index (χ0) is 16.9. The van der Waals surface area contributed by atoms with Gasteiger partial charge in [0.05, 0.1) is 17.4 Å². The molecule has 1 aromatic carbocycles. The first-order valence-corrected chi connectivity index (χ1v) is 9.34. The molecule has 6 nitrogen and oxygen atoms in total. The number of alkyl halides is 1. The number of sulfone groups is 1. The van der Waals surface area contributed by atoms with Crippen LogP contribution in [0.2, 0.25) is 0 Å². The molecule has 24 heavy (non-hydrogen) atoms. The molecule has 2 aromatic rings. The Morgan fingerprint density at radius 1 is 1.21 bits per heavy atom. The van der Waals surface area contributed by atoms with Crippen LogP contribution in [0.4, 0.5) is 4.39 Å². The molecule has 0 radical (unpaired) electrons. The minimum atomic E-state index is -3.71. The molecule has 2 heterocycles. The summed E-state index contributed by atoms with van der Waals surface area (Å²) in [6.45, 7) is 0. The van der Waals surface area contributed by atoms with Gasteiger partial charge in [-0.15, -0.1) is 5.10 Å². The Balaban J connectivity index is 1.68. The number of aromatic nitrogens is 3. The van der Waals surface area contributed by atoms with E-state index in [2.05, 4.69) is 16.2 Å². The molecule has 0 spiro atoms. The summed E-state index contributed by atoms with van der Waals surface area (Å²) in [5, 5.41) is 12.0. The molecule has 0 saturated heterocycles. The minimum Gasteiger partial charge on any atom is -0.239 e. The molecule has 1 aliphatic heterocycles. The van der Waals surface area contributed by atoms with E-state index in [1.54, 1.807) is 0 Å². The summed E-state index contributed by atoms with van der Waals surface area (Å²) in [6.07, 6.45) is -0.534. The van der Waals surface area contributed by atoms with Crippen molar-refractivity contribution in [1.29, 1.82) is 5.26 Å². The SMILES string of the molecule is N#C[C@H]1C[C@@H](S(=O)(=O)c2nc3n(n2)[C@H](c2ccccc2)C[C@@H]3F)C1. The molecule has 0 amide bonds. The Labute approximate surface area is 138 Å². The van der Waals surface area contributed by atoms with Crippen LogP contribution in [0.1, 0.15) is 42.9 Å². The summed E-state index contributed by atoms with van der Waals surface area (Å²) < 4.78 is 40.8. The second-order valence-electron chi connectivity index (χ2n) is 6.29. The lowest BCUT2D eigenvalue weighted by molar-refractivity contribution is 0.326. The smallest absolute Gasteiger partial charge is 0.239 e. The Morgan fingerprint density at radius 3 is 2.58 bits per heavy atom. The van der Waals surface area contributed by atoms with E-state index in [1.807, 2.05) is 30.3 Å². The molecular formula is C16H15FN4O2S. The van der Waals surface area contributed by atoms with E-state index in [9.17, 15) is 12.8 Å². The normalized spacial score (nSPS) is 28.8. The summed E-state index contributed by atoms with van der Waals surface area (Å²) in [7, 11) is -3.71. The maximum atomic E-state index is 14.3. The third-order valence-corrected chi connectivity index (χ3v) is 6.74. The standard InChI is InChI=1S/C16H15FN4O2S/c17-13-8-14(11-4-2-1-3-5-11)21-15(13)19-16(20-21)24(22,23)12-6-10(7-12)9-18/h1-5,10,12-14H,6-8H2/t10-,12+,13-,14-/m0/s1. The monoisotopic (exact) mass is 346 g/mol. The first-order chi connectivity index (χ1) is 11.5. The third-order valence-electron chi connectivity index (χ3n) is 4.80. The van der Waals surface area contributed by atoms with Crippen LogP contribution < -0.4 is 0 Å². The number of hydrogen-bond acceptors (Lipinski definition) is 5. The first kappa shape index (κ1) is 15.3. The molecule has 2 aliphatic rings. The van der Waals surface area contributed by atoms with Crippen LogP contribution in [0.25, 0.3) is 0 Å². The highest BCUT2D eigenvalue weighted by Gasteiger charge is 2.44. The first-order valence-electron chi connectivity index (χ1n) is 7.79. The molecule has 1 fully saturated rings. The van der Waals surface area contributed by atoms with Crippen molar-refractivity contribution >= 4 is 9.84 Å². The quantitative estimate of drug-likeness (QED) is 0.851. The lowest BCUT2D eigenvalue weighted by atomic mass is 9.86. The minimum absolute atomic E-state index is 0.0681. The predicted octanol–water partition coefficient (Wildman–Crippen LogP) is 2.36. The zero-order valence-corrected chi connectivity index (χ0v) is 13.5. The number of fused-ring (bicyclic) bond motifs is 1. The Bertz CT molecular complexity index is 913. The molecule has 124 valence electrons. The van der Waals surface area contributed by atoms with Crippen LogP contribution in [-0.2, 0) is 9.84 Å². The molecule has 1 saturated carbocycles. The number of hydrogen-bond donors (Lipinski definition) is 0. The molecule has 4 rings (SSSR count). The molecule has 1 aromatic heterocycles. The van der Waals surface area contributed by atoms with Gasteiger partial charge < -0.3 is 0 Å². The second kappa shape index (κ2) is 5.38. The van der Waals surface area contributed by atoms with E-state index in [-0.39, 0.29) is 29.4 Å². The van der Waals surface area contributed by atoms with Crippen molar-refractivity contribution in [2.75, 3.05) is 0 Å². The highest BCUT2D eigenvalue weighted by atomic mass is 32.2. The van der Waals surface area contributed by atoms with Crippen molar-refractivity contribution in [3.63, 3.8) is 0 Å². The highest BCUT2D eigenvalue weighted by Crippen LogP contribution is 2.41. The van der Waals surface area contributed by atoms with E-state index >= 15 is 0 Å². The largest absolute Gasteiger partial charge is 0.267 e. The van der Waals surface area contributed by atoms with Crippen molar-refractivity contribution < 1.29 is 12.8 Å². The van der Waals surface area contributed by atoms with Gasteiger partial charge in [-0.05, 0) is 18.4 Å². The van der Waals surface area contributed by atoms with Gasteiger partial charge in [0.1, 0.15) is 0 Å². The van der Waals surface area contributed by atoms with Crippen molar-refractivity contribution in [3.8, 4) is 6.07 Å². The summed E-state index contributed by atoms with van der Waals surface area (Å²) in [5.74, 6) is -0.163. The Morgan fingerprint density at radius 2 is 1.92 bits per heavy atom. The maximum Gasteiger partial charge on any atom is 0.267 e. The number of halogens is 1. The van der Waals surface area contributed by atoms with Gasteiger partial charge >= 0.3 is 0 Å². The van der Waals surface area contributed by atoms with E-state index in [0.29, 0.717) is 12.8 Å². The Kier molecular flexibility index (Phi) is 3.42. The van der Waals surface area contributed by atoms with Gasteiger partial charge in [0.2, 0.25) is 9.84 Å². The van der Waals surface area contributed by atoms with Gasteiger partial charge in [0, 0.05) is 12.3 Å². The summed E-state index contributed by atoms with van der Waals surface area (Å²) in [4.78, 5) is 3.98. The van der Waals surface area contributed by atoms with E-state index in [0.717, 1.165) is 5.56 Å². The average Bonchev–Trinajstić information content (AvgIpc) is 3.08. The van der Waals surface area contributed by atoms with Crippen molar-refractivity contribution in [3.05, 3.63) is 41.7 Å². The number of rotatable bonds is 3. The van der Waals surface area contributed by atoms with Crippen LogP contribution >= 0.6 is 0 Å². The topological polar surface area (TPSA) is 88.6 Å². The summed E-state index contributed by atoms with van der Waals surface area (Å²) in [5.41, 5.74) is 0.876. The van der Waals surface area contributed by atoms with Crippen molar-refractivity contribution in [2.24, 2.45) is 5.92 Å². The summed E-state index contributed by atoms with van der Waals surface area (Å²) in [6, 6.07) is 11.0. The lowest BCUT2D eigenvalue weighted by Gasteiger charge is -2.28. The molecule has 8 heteroatoms. The number of benzene rings is 1. The van der Waals surface area contributed by atoms with Gasteiger partial charge in [0.15, 0.2) is 12.0 Å². The van der Waals surface area contributed by atoms with Crippen molar-refractivity contribution in [1.82, 2.24) is 14.8 Å². The highest BCUT2D eigenvalue weighted by molar-refractivity contribution is 7.91. The number of nitriles is 1. The fourth-order valence-electron chi connectivity index (χ4n) is 3.31.